The van der Waals surface area contributed by atoms with E-state index in [1.807, 2.05) is 12.1 Å². The van der Waals surface area contributed by atoms with Gasteiger partial charge in [-0.05, 0) is 68.0 Å². The molecule has 0 aliphatic carbocycles. The number of carbonyl (C=O) groups is 1. The molecular formula is C27H19Cl3N2O4S. The van der Waals surface area contributed by atoms with Gasteiger partial charge in [0.2, 0.25) is 0 Å². The summed E-state index contributed by atoms with van der Waals surface area (Å²) in [6.45, 7) is 3.62. The lowest BCUT2D eigenvalue weighted by Gasteiger charge is -2.22. The molecule has 2 aromatic heterocycles. The van der Waals surface area contributed by atoms with E-state index in [1.54, 1.807) is 62.4 Å². The van der Waals surface area contributed by atoms with Crippen LogP contribution in [0.5, 0.6) is 0 Å². The van der Waals surface area contributed by atoms with Gasteiger partial charge in [0.25, 0.3) is 5.56 Å². The van der Waals surface area contributed by atoms with E-state index in [2.05, 4.69) is 4.99 Å². The van der Waals surface area contributed by atoms with Gasteiger partial charge in [0, 0.05) is 10.6 Å². The number of nitrogens with zero attached hydrogens (tertiary/aromatic N) is 2. The number of furan rings is 1. The van der Waals surface area contributed by atoms with E-state index < -0.39 is 12.0 Å². The number of halogens is 3. The SMILES string of the molecule is CCOC(=O)C1=C(C)N=c2s/c(=C\c3ccc(Cl)cc3)c(=O)n2[C@H]1c1ccc(-c2ccc(Cl)c(Cl)c2)o1. The smallest absolute Gasteiger partial charge is 0.338 e. The topological polar surface area (TPSA) is 73.8 Å². The fraction of sp³-hybridized carbons (Fsp3) is 0.148. The predicted molar refractivity (Wildman–Crippen MR) is 146 cm³/mol. The zero-order valence-electron chi connectivity index (χ0n) is 19.6. The summed E-state index contributed by atoms with van der Waals surface area (Å²) in [5.41, 5.74) is 1.91. The van der Waals surface area contributed by atoms with Crippen LogP contribution in [0.4, 0.5) is 0 Å². The summed E-state index contributed by atoms with van der Waals surface area (Å²) in [6.07, 6.45) is 1.77. The lowest BCUT2D eigenvalue weighted by atomic mass is 10.0. The third-order valence-electron chi connectivity index (χ3n) is 5.79. The molecule has 188 valence electrons. The molecule has 1 atom stereocenters. The maximum absolute atomic E-state index is 13.7. The molecule has 0 saturated heterocycles. The molecule has 0 amide bonds. The monoisotopic (exact) mass is 572 g/mol. The molecule has 4 aromatic rings. The number of rotatable bonds is 5. The van der Waals surface area contributed by atoms with Crippen LogP contribution in [0.15, 0.2) is 80.1 Å². The highest BCUT2D eigenvalue weighted by Gasteiger charge is 2.35. The Kier molecular flexibility index (Phi) is 7.14. The molecule has 1 aliphatic heterocycles. The summed E-state index contributed by atoms with van der Waals surface area (Å²) < 4.78 is 13.5. The highest BCUT2D eigenvalue weighted by Crippen LogP contribution is 2.35. The van der Waals surface area contributed by atoms with Crippen LogP contribution in [0.1, 0.15) is 31.2 Å². The van der Waals surface area contributed by atoms with Gasteiger partial charge >= 0.3 is 5.97 Å². The molecule has 3 heterocycles. The first kappa shape index (κ1) is 25.5. The van der Waals surface area contributed by atoms with Crippen molar-refractivity contribution in [3.63, 3.8) is 0 Å². The molecule has 37 heavy (non-hydrogen) atoms. The van der Waals surface area contributed by atoms with E-state index >= 15 is 0 Å². The highest BCUT2D eigenvalue weighted by molar-refractivity contribution is 7.07. The number of allylic oxidation sites excluding steroid dienone is 1. The number of aromatic nitrogens is 1. The molecule has 0 N–H and O–H groups in total. The normalized spacial score (nSPS) is 15.5. The number of fused-ring (bicyclic) bond motifs is 1. The summed E-state index contributed by atoms with van der Waals surface area (Å²) in [4.78, 5) is 31.8. The Morgan fingerprint density at radius 3 is 2.57 bits per heavy atom. The summed E-state index contributed by atoms with van der Waals surface area (Å²) in [5.74, 6) is 0.334. The van der Waals surface area contributed by atoms with Gasteiger partial charge in [-0.1, -0.05) is 58.3 Å². The lowest BCUT2D eigenvalue weighted by molar-refractivity contribution is -0.139. The van der Waals surface area contributed by atoms with E-state index in [-0.39, 0.29) is 17.7 Å². The van der Waals surface area contributed by atoms with Crippen LogP contribution in [0.2, 0.25) is 15.1 Å². The number of benzene rings is 2. The number of carbonyl (C=O) groups excluding carboxylic acids is 1. The van der Waals surface area contributed by atoms with Gasteiger partial charge in [0.1, 0.15) is 17.6 Å². The first-order valence-electron chi connectivity index (χ1n) is 11.3. The van der Waals surface area contributed by atoms with E-state index in [0.717, 1.165) is 5.56 Å². The standard InChI is InChI=1S/C27H19Cl3N2O4S/c1-3-35-26(34)23-14(2)31-27-32(25(33)22(37-27)12-15-4-7-17(28)8-5-15)24(23)21-11-10-20(36-21)16-6-9-18(29)19(30)13-16/h4-13,24H,3H2,1-2H3/b22-12-/t24-/m0/s1. The van der Waals surface area contributed by atoms with E-state index in [4.69, 9.17) is 44.0 Å². The summed E-state index contributed by atoms with van der Waals surface area (Å²) in [6, 6.07) is 14.9. The zero-order chi connectivity index (χ0) is 26.3. The van der Waals surface area contributed by atoms with Crippen molar-refractivity contribution >= 4 is 58.2 Å². The van der Waals surface area contributed by atoms with Crippen LogP contribution in [0, 0.1) is 0 Å². The van der Waals surface area contributed by atoms with Crippen molar-refractivity contribution in [1.29, 1.82) is 0 Å². The van der Waals surface area contributed by atoms with Crippen molar-refractivity contribution in [2.45, 2.75) is 19.9 Å². The fourth-order valence-electron chi connectivity index (χ4n) is 4.08. The first-order valence-corrected chi connectivity index (χ1v) is 13.2. The van der Waals surface area contributed by atoms with Gasteiger partial charge in [-0.25, -0.2) is 9.79 Å². The average molecular weight is 574 g/mol. The molecule has 2 aromatic carbocycles. The minimum atomic E-state index is -0.862. The Labute approximate surface area is 230 Å². The van der Waals surface area contributed by atoms with Crippen LogP contribution in [0.25, 0.3) is 17.4 Å². The molecule has 0 fully saturated rings. The van der Waals surface area contributed by atoms with E-state index in [0.29, 0.717) is 47.2 Å². The maximum Gasteiger partial charge on any atom is 0.338 e. The first-order chi connectivity index (χ1) is 17.8. The van der Waals surface area contributed by atoms with Crippen molar-refractivity contribution in [2.24, 2.45) is 4.99 Å². The Morgan fingerprint density at radius 1 is 1.11 bits per heavy atom. The molecule has 6 nitrogen and oxygen atoms in total. The largest absolute Gasteiger partial charge is 0.463 e. The Hall–Kier alpha value is -3.10. The number of esters is 1. The van der Waals surface area contributed by atoms with Gasteiger partial charge in [-0.3, -0.25) is 9.36 Å². The van der Waals surface area contributed by atoms with Gasteiger partial charge in [-0.2, -0.15) is 0 Å². The van der Waals surface area contributed by atoms with Gasteiger partial charge < -0.3 is 9.15 Å². The molecule has 0 spiro atoms. The number of thiazole rings is 1. The van der Waals surface area contributed by atoms with E-state index in [1.165, 1.54) is 15.9 Å². The second kappa shape index (κ2) is 10.3. The van der Waals surface area contributed by atoms with Crippen LogP contribution < -0.4 is 14.9 Å². The van der Waals surface area contributed by atoms with Crippen molar-refractivity contribution in [3.8, 4) is 11.3 Å². The molecule has 0 bridgehead atoms. The molecular weight excluding hydrogens is 555 g/mol. The quantitative estimate of drug-likeness (QED) is 0.274. The molecule has 1 aliphatic rings. The molecule has 0 radical (unpaired) electrons. The Bertz CT molecular complexity index is 1730. The van der Waals surface area contributed by atoms with Gasteiger partial charge in [0.15, 0.2) is 4.80 Å². The van der Waals surface area contributed by atoms with Crippen molar-refractivity contribution in [2.75, 3.05) is 6.61 Å². The van der Waals surface area contributed by atoms with E-state index in [9.17, 15) is 9.59 Å². The van der Waals surface area contributed by atoms with Gasteiger partial charge in [0.05, 0.1) is 32.5 Å². The maximum atomic E-state index is 13.7. The highest BCUT2D eigenvalue weighted by atomic mass is 35.5. The average Bonchev–Trinajstić information content (AvgIpc) is 3.47. The third kappa shape index (κ3) is 4.92. The van der Waals surface area contributed by atoms with Crippen molar-refractivity contribution in [1.82, 2.24) is 4.57 Å². The second-order valence-corrected chi connectivity index (χ2v) is 10.4. The predicted octanol–water partition coefficient (Wildman–Crippen LogP) is 6.02. The van der Waals surface area contributed by atoms with Crippen LogP contribution in [-0.2, 0) is 9.53 Å². The fourth-order valence-corrected chi connectivity index (χ4v) is 5.55. The second-order valence-electron chi connectivity index (χ2n) is 8.18. The Balaban J connectivity index is 1.68. The molecule has 0 saturated carbocycles. The molecule has 5 rings (SSSR count). The molecule has 10 heteroatoms. The lowest BCUT2D eigenvalue weighted by Crippen LogP contribution is -2.39. The van der Waals surface area contributed by atoms with Gasteiger partial charge in [-0.15, -0.1) is 0 Å². The summed E-state index contributed by atoms with van der Waals surface area (Å²) in [7, 11) is 0. The number of hydrogen-bond donors (Lipinski definition) is 0. The van der Waals surface area contributed by atoms with Crippen LogP contribution in [-0.4, -0.2) is 17.1 Å². The van der Waals surface area contributed by atoms with Crippen molar-refractivity contribution < 1.29 is 13.9 Å². The van der Waals surface area contributed by atoms with Crippen LogP contribution in [0.3, 0.4) is 0 Å². The third-order valence-corrected chi connectivity index (χ3v) is 7.76. The minimum absolute atomic E-state index is 0.177. The Morgan fingerprint density at radius 2 is 1.86 bits per heavy atom. The number of hydrogen-bond acceptors (Lipinski definition) is 6. The van der Waals surface area contributed by atoms with Crippen molar-refractivity contribution in [3.05, 3.63) is 112 Å². The summed E-state index contributed by atoms with van der Waals surface area (Å²) >= 11 is 19.5. The zero-order valence-corrected chi connectivity index (χ0v) is 22.7. The number of ether oxygens (including phenoxy) is 1. The van der Waals surface area contributed by atoms with Crippen LogP contribution >= 0.6 is 46.1 Å². The summed E-state index contributed by atoms with van der Waals surface area (Å²) in [5, 5.41) is 1.41. The molecule has 0 unspecified atom stereocenters. The minimum Gasteiger partial charge on any atom is -0.463 e.